The second kappa shape index (κ2) is 14.6. The molecule has 2 aliphatic rings. The predicted molar refractivity (Wildman–Crippen MR) is 200 cm³/mol. The third kappa shape index (κ3) is 7.15. The van der Waals surface area contributed by atoms with E-state index in [0.717, 1.165) is 82.4 Å². The van der Waals surface area contributed by atoms with Gasteiger partial charge in [0.15, 0.2) is 5.65 Å². The number of anilines is 1. The molecule has 0 radical (unpaired) electrons. The molecule has 2 fully saturated rings. The summed E-state index contributed by atoms with van der Waals surface area (Å²) in [5, 5.41) is 4.98. The van der Waals surface area contributed by atoms with Gasteiger partial charge in [-0.25, -0.2) is 13.4 Å². The molecule has 4 heterocycles. The maximum Gasteiger partial charge on any atom is 0.309 e. The number of hydrogen-bond acceptors (Lipinski definition) is 8. The highest BCUT2D eigenvalue weighted by Crippen LogP contribution is 2.33. The van der Waals surface area contributed by atoms with E-state index in [2.05, 4.69) is 40.1 Å². The maximum absolute atomic E-state index is 13.5. The molecule has 0 spiro atoms. The molecule has 5 aromatic rings. The van der Waals surface area contributed by atoms with Crippen LogP contribution in [0.1, 0.15) is 35.2 Å². The van der Waals surface area contributed by atoms with Crippen LogP contribution in [-0.4, -0.2) is 90.6 Å². The molecular weight excluding hydrogens is 661 g/mol. The van der Waals surface area contributed by atoms with Crippen LogP contribution in [0.25, 0.3) is 28.0 Å². The Balaban J connectivity index is 0.960. The highest BCUT2D eigenvalue weighted by molar-refractivity contribution is 7.89. The number of aromatic nitrogens is 3. The lowest BCUT2D eigenvalue weighted by molar-refractivity contribution is -0.150. The number of piperazine rings is 1. The van der Waals surface area contributed by atoms with Crippen molar-refractivity contribution in [3.8, 4) is 22.4 Å². The minimum Gasteiger partial charge on any atom is -0.464 e. The van der Waals surface area contributed by atoms with Crippen LogP contribution in [0.3, 0.4) is 0 Å². The second-order valence-corrected chi connectivity index (χ2v) is 15.7. The highest BCUT2D eigenvalue weighted by Gasteiger charge is 2.34. The molecule has 0 N–H and O–H groups in total. The molecule has 0 aliphatic carbocycles. The molecule has 0 unspecified atom stereocenters. The van der Waals surface area contributed by atoms with Crippen LogP contribution in [0.4, 0.5) is 5.82 Å². The average molecular weight is 707 g/mol. The smallest absolute Gasteiger partial charge is 0.309 e. The van der Waals surface area contributed by atoms with E-state index in [0.29, 0.717) is 44.0 Å². The van der Waals surface area contributed by atoms with Gasteiger partial charge in [0, 0.05) is 63.0 Å². The van der Waals surface area contributed by atoms with Gasteiger partial charge in [-0.1, -0.05) is 78.4 Å². The van der Waals surface area contributed by atoms with Crippen LogP contribution in [-0.2, 0) is 19.6 Å². The zero-order valence-corrected chi connectivity index (χ0v) is 30.7. The summed E-state index contributed by atoms with van der Waals surface area (Å²) >= 11 is 0. The van der Waals surface area contributed by atoms with Gasteiger partial charge < -0.3 is 9.64 Å². The van der Waals surface area contributed by atoms with Crippen molar-refractivity contribution in [2.45, 2.75) is 45.4 Å². The Morgan fingerprint density at radius 2 is 1.41 bits per heavy atom. The lowest BCUT2D eigenvalue weighted by Crippen LogP contribution is -2.48. The van der Waals surface area contributed by atoms with Crippen LogP contribution < -0.4 is 4.90 Å². The molecule has 11 heteroatoms. The molecule has 51 heavy (non-hydrogen) atoms. The SMILES string of the molecule is Cc1cc(C)c(S(=O)(=O)N2CCC(C(=O)OCCN3CCN(c4cc(-c5ccccc5)nc5c(-c6ccccc6)c(C)nn45)CC3)CC2)c(C)c1. The Labute approximate surface area is 300 Å². The van der Waals surface area contributed by atoms with Crippen molar-refractivity contribution in [2.75, 3.05) is 57.3 Å². The van der Waals surface area contributed by atoms with E-state index in [-0.39, 0.29) is 11.9 Å². The number of benzene rings is 3. The number of hydrogen-bond donors (Lipinski definition) is 0. The number of ether oxygens (including phenoxy) is 1. The van der Waals surface area contributed by atoms with Gasteiger partial charge in [-0.3, -0.25) is 9.69 Å². The quantitative estimate of drug-likeness (QED) is 0.171. The molecule has 7 rings (SSSR count). The van der Waals surface area contributed by atoms with Gasteiger partial charge in [0.2, 0.25) is 10.0 Å². The number of piperidine rings is 1. The average Bonchev–Trinajstić information content (AvgIpc) is 3.47. The third-order valence-corrected chi connectivity index (χ3v) is 12.4. The molecule has 2 saturated heterocycles. The van der Waals surface area contributed by atoms with E-state index < -0.39 is 10.0 Å². The zero-order valence-electron chi connectivity index (χ0n) is 29.9. The summed E-state index contributed by atoms with van der Waals surface area (Å²) in [6.45, 7) is 12.5. The Bertz CT molecular complexity index is 2110. The van der Waals surface area contributed by atoms with Crippen molar-refractivity contribution in [2.24, 2.45) is 5.92 Å². The van der Waals surface area contributed by atoms with Crippen LogP contribution in [0.15, 0.2) is 83.8 Å². The number of sulfonamides is 1. The molecule has 3 aromatic carbocycles. The number of aryl methyl sites for hydroxylation is 4. The summed E-state index contributed by atoms with van der Waals surface area (Å²) in [5.74, 6) is 0.486. The van der Waals surface area contributed by atoms with Crippen LogP contribution in [0, 0.1) is 33.6 Å². The van der Waals surface area contributed by atoms with Crippen molar-refractivity contribution in [1.29, 1.82) is 0 Å². The normalized spacial score (nSPS) is 16.5. The Kier molecular flexibility index (Phi) is 9.96. The summed E-state index contributed by atoms with van der Waals surface area (Å²) < 4.78 is 36.2. The monoisotopic (exact) mass is 706 g/mol. The molecule has 266 valence electrons. The van der Waals surface area contributed by atoms with Crippen LogP contribution >= 0.6 is 0 Å². The second-order valence-electron chi connectivity index (χ2n) is 13.8. The lowest BCUT2D eigenvalue weighted by Gasteiger charge is -2.36. The van der Waals surface area contributed by atoms with Crippen molar-refractivity contribution in [1.82, 2.24) is 23.8 Å². The van der Waals surface area contributed by atoms with Gasteiger partial charge in [0.25, 0.3) is 0 Å². The minimum absolute atomic E-state index is 0.232. The summed E-state index contributed by atoms with van der Waals surface area (Å²) in [7, 11) is -3.63. The molecule has 2 aliphatic heterocycles. The van der Waals surface area contributed by atoms with Gasteiger partial charge in [-0.05, 0) is 57.2 Å². The lowest BCUT2D eigenvalue weighted by atomic mass is 9.98. The molecule has 10 nitrogen and oxygen atoms in total. The first-order chi connectivity index (χ1) is 24.6. The van der Waals surface area contributed by atoms with Gasteiger partial charge in [-0.2, -0.15) is 13.9 Å². The maximum atomic E-state index is 13.5. The zero-order chi connectivity index (χ0) is 35.7. The van der Waals surface area contributed by atoms with Gasteiger partial charge >= 0.3 is 5.97 Å². The largest absolute Gasteiger partial charge is 0.464 e. The van der Waals surface area contributed by atoms with E-state index in [4.69, 9.17) is 14.8 Å². The summed E-state index contributed by atoms with van der Waals surface area (Å²) in [6, 6.07) is 26.5. The number of esters is 1. The number of fused-ring (bicyclic) bond motifs is 1. The first kappa shape index (κ1) is 34.9. The van der Waals surface area contributed by atoms with E-state index >= 15 is 0 Å². The molecule has 0 bridgehead atoms. The topological polar surface area (TPSA) is 100 Å². The van der Waals surface area contributed by atoms with E-state index in [9.17, 15) is 13.2 Å². The fourth-order valence-electron chi connectivity index (χ4n) is 7.66. The van der Waals surface area contributed by atoms with Crippen molar-refractivity contribution in [3.05, 3.63) is 101 Å². The van der Waals surface area contributed by atoms with E-state index in [1.807, 2.05) is 80.7 Å². The van der Waals surface area contributed by atoms with E-state index in [1.54, 1.807) is 0 Å². The summed E-state index contributed by atoms with van der Waals surface area (Å²) in [6.07, 6.45) is 0.927. The molecule has 0 amide bonds. The van der Waals surface area contributed by atoms with Crippen LogP contribution in [0.5, 0.6) is 0 Å². The van der Waals surface area contributed by atoms with Gasteiger partial charge in [0.05, 0.1) is 22.2 Å². The van der Waals surface area contributed by atoms with E-state index in [1.165, 1.54) is 4.31 Å². The standard InChI is InChI=1S/C40H46N6O4S/c1-28-25-29(2)38(30(3)26-28)51(48,49)45-17-15-34(16-18-45)40(47)50-24-23-43-19-21-44(22-20-43)36-27-35(32-11-7-5-8-12-32)41-39-37(31(4)42-46(36)39)33-13-9-6-10-14-33/h5-14,25-27,34H,15-24H2,1-4H3. The van der Waals surface area contributed by atoms with Crippen molar-refractivity contribution in [3.63, 3.8) is 0 Å². The summed E-state index contributed by atoms with van der Waals surface area (Å²) in [4.78, 5) is 23.2. The Hall–Kier alpha value is -4.58. The van der Waals surface area contributed by atoms with Gasteiger partial charge in [0.1, 0.15) is 12.4 Å². The number of rotatable bonds is 9. The van der Waals surface area contributed by atoms with Crippen molar-refractivity contribution < 1.29 is 17.9 Å². The number of carbonyl (C=O) groups excluding carboxylic acids is 1. The Morgan fingerprint density at radius 1 is 0.804 bits per heavy atom. The molecular formula is C40H46N6O4S. The van der Waals surface area contributed by atoms with Crippen molar-refractivity contribution >= 4 is 27.5 Å². The minimum atomic E-state index is -3.63. The highest BCUT2D eigenvalue weighted by atomic mass is 32.2. The first-order valence-electron chi connectivity index (χ1n) is 17.8. The predicted octanol–water partition coefficient (Wildman–Crippen LogP) is 6.06. The number of carbonyl (C=O) groups is 1. The number of nitrogens with zero attached hydrogens (tertiary/aromatic N) is 6. The Morgan fingerprint density at radius 3 is 2.04 bits per heavy atom. The third-order valence-electron chi connectivity index (χ3n) is 10.2. The summed E-state index contributed by atoms with van der Waals surface area (Å²) in [5.41, 5.74) is 8.44. The molecule has 0 atom stereocenters. The molecule has 2 aromatic heterocycles. The first-order valence-corrected chi connectivity index (χ1v) is 19.3. The fraction of sp³-hybridized carbons (Fsp3) is 0.375. The van der Waals surface area contributed by atoms with Gasteiger partial charge in [-0.15, -0.1) is 0 Å². The molecule has 0 saturated carbocycles. The fourth-order valence-corrected chi connectivity index (χ4v) is 9.54. The van der Waals surface area contributed by atoms with Crippen LogP contribution in [0.2, 0.25) is 0 Å².